The van der Waals surface area contributed by atoms with Crippen LogP contribution in [0.4, 0.5) is 11.6 Å². The van der Waals surface area contributed by atoms with E-state index >= 15 is 0 Å². The van der Waals surface area contributed by atoms with Gasteiger partial charge in [0.2, 0.25) is 5.91 Å². The van der Waals surface area contributed by atoms with Crippen LogP contribution in [0.15, 0.2) is 12.4 Å². The van der Waals surface area contributed by atoms with E-state index in [9.17, 15) is 4.79 Å². The molecule has 0 radical (unpaired) electrons. The van der Waals surface area contributed by atoms with Crippen molar-refractivity contribution in [2.75, 3.05) is 36.9 Å². The Hall–Kier alpha value is -1.85. The maximum atomic E-state index is 11.4. The Morgan fingerprint density at radius 3 is 2.76 bits per heavy atom. The van der Waals surface area contributed by atoms with E-state index < -0.39 is 0 Å². The van der Waals surface area contributed by atoms with E-state index in [2.05, 4.69) is 20.6 Å². The number of nitrogens with zero attached hydrogens (tertiary/aromatic N) is 3. The molecule has 0 spiro atoms. The summed E-state index contributed by atoms with van der Waals surface area (Å²) in [5.41, 5.74) is 0. The van der Waals surface area contributed by atoms with Crippen molar-refractivity contribution >= 4 is 17.5 Å². The number of amides is 1. The van der Waals surface area contributed by atoms with Gasteiger partial charge in [0.25, 0.3) is 0 Å². The zero-order valence-electron chi connectivity index (χ0n) is 10.5. The molecule has 2 N–H and O–H groups in total. The third-order valence-corrected chi connectivity index (χ3v) is 2.16. The maximum Gasteiger partial charge on any atom is 0.239 e. The number of carbonyl (C=O) groups excluding carboxylic acids is 1. The lowest BCUT2D eigenvalue weighted by atomic mass is 10.4. The fraction of sp³-hybridized carbons (Fsp3) is 0.545. The van der Waals surface area contributed by atoms with Crippen LogP contribution in [-0.4, -0.2) is 42.6 Å². The van der Waals surface area contributed by atoms with Gasteiger partial charge in [-0.3, -0.25) is 4.79 Å². The van der Waals surface area contributed by atoms with Gasteiger partial charge in [0.1, 0.15) is 18.0 Å². The van der Waals surface area contributed by atoms with Gasteiger partial charge < -0.3 is 15.5 Å². The highest BCUT2D eigenvalue weighted by Gasteiger charge is 2.08. The van der Waals surface area contributed by atoms with Gasteiger partial charge in [-0.2, -0.15) is 0 Å². The summed E-state index contributed by atoms with van der Waals surface area (Å²) in [6.45, 7) is 5.62. The third kappa shape index (κ3) is 4.26. The summed E-state index contributed by atoms with van der Waals surface area (Å²) in [6.07, 6.45) is 1.49. The number of likely N-dealkylation sites (N-methyl/N-ethyl adjacent to an activating group) is 2. The predicted octanol–water partition coefficient (Wildman–Crippen LogP) is 0.481. The SMILES string of the molecule is CCNC(=O)CN(C)c1cc(NCC)ncn1. The molecular formula is C11H19N5O. The van der Waals surface area contributed by atoms with Crippen molar-refractivity contribution in [3.05, 3.63) is 12.4 Å². The molecule has 0 aliphatic heterocycles. The fourth-order valence-corrected chi connectivity index (χ4v) is 1.38. The highest BCUT2D eigenvalue weighted by Crippen LogP contribution is 2.11. The molecule has 1 aromatic heterocycles. The van der Waals surface area contributed by atoms with Crippen molar-refractivity contribution in [3.8, 4) is 0 Å². The highest BCUT2D eigenvalue weighted by atomic mass is 16.2. The van der Waals surface area contributed by atoms with Crippen LogP contribution in [0.3, 0.4) is 0 Å². The standard InChI is InChI=1S/C11H19N5O/c1-4-12-9-6-10(15-8-14-9)16(3)7-11(17)13-5-2/h6,8H,4-5,7H2,1-3H3,(H,13,17)(H,12,14,15). The first-order valence-electron chi connectivity index (χ1n) is 5.71. The third-order valence-electron chi connectivity index (χ3n) is 2.16. The van der Waals surface area contributed by atoms with Crippen molar-refractivity contribution in [2.45, 2.75) is 13.8 Å². The van der Waals surface area contributed by atoms with Gasteiger partial charge >= 0.3 is 0 Å². The molecule has 6 heteroatoms. The second-order valence-corrected chi connectivity index (χ2v) is 3.60. The minimum atomic E-state index is -0.0152. The Bertz CT molecular complexity index is 369. The molecular weight excluding hydrogens is 218 g/mol. The number of nitrogens with one attached hydrogen (secondary N) is 2. The molecule has 94 valence electrons. The molecule has 0 atom stereocenters. The zero-order chi connectivity index (χ0) is 12.7. The average Bonchev–Trinajstić information content (AvgIpc) is 2.30. The summed E-state index contributed by atoms with van der Waals surface area (Å²) in [6, 6.07) is 1.82. The number of hydrogen-bond acceptors (Lipinski definition) is 5. The Labute approximate surface area is 101 Å². The quantitative estimate of drug-likeness (QED) is 0.753. The number of carbonyl (C=O) groups is 1. The largest absolute Gasteiger partial charge is 0.370 e. The molecule has 17 heavy (non-hydrogen) atoms. The van der Waals surface area contributed by atoms with Gasteiger partial charge in [0, 0.05) is 26.2 Å². The molecule has 0 aliphatic rings. The van der Waals surface area contributed by atoms with Gasteiger partial charge in [0.05, 0.1) is 6.54 Å². The van der Waals surface area contributed by atoms with Crippen LogP contribution < -0.4 is 15.5 Å². The van der Waals surface area contributed by atoms with E-state index in [-0.39, 0.29) is 12.5 Å². The van der Waals surface area contributed by atoms with E-state index in [1.807, 2.05) is 27.0 Å². The highest BCUT2D eigenvalue weighted by molar-refractivity contribution is 5.80. The van der Waals surface area contributed by atoms with Crippen molar-refractivity contribution in [1.82, 2.24) is 15.3 Å². The summed E-state index contributed by atoms with van der Waals surface area (Å²) in [5.74, 6) is 1.47. The van der Waals surface area contributed by atoms with Crippen molar-refractivity contribution in [3.63, 3.8) is 0 Å². The smallest absolute Gasteiger partial charge is 0.239 e. The number of aromatic nitrogens is 2. The van der Waals surface area contributed by atoms with Crippen LogP contribution in [0.25, 0.3) is 0 Å². The molecule has 0 bridgehead atoms. The normalized spacial score (nSPS) is 9.82. The Morgan fingerprint density at radius 1 is 1.35 bits per heavy atom. The van der Waals surface area contributed by atoms with Crippen LogP contribution in [0, 0.1) is 0 Å². The topological polar surface area (TPSA) is 70.2 Å². The van der Waals surface area contributed by atoms with Crippen molar-refractivity contribution in [2.24, 2.45) is 0 Å². The zero-order valence-corrected chi connectivity index (χ0v) is 10.5. The summed E-state index contributed by atoms with van der Waals surface area (Å²) in [5, 5.41) is 5.85. The van der Waals surface area contributed by atoms with E-state index in [0.717, 1.165) is 18.2 Å². The van der Waals surface area contributed by atoms with Crippen molar-refractivity contribution in [1.29, 1.82) is 0 Å². The average molecular weight is 237 g/mol. The maximum absolute atomic E-state index is 11.4. The molecule has 0 aliphatic carbocycles. The molecule has 1 rings (SSSR count). The first-order chi connectivity index (χ1) is 8.17. The van der Waals surface area contributed by atoms with Gasteiger partial charge in [-0.1, -0.05) is 0 Å². The second-order valence-electron chi connectivity index (χ2n) is 3.60. The number of hydrogen-bond donors (Lipinski definition) is 2. The minimum Gasteiger partial charge on any atom is -0.370 e. The van der Waals surface area contributed by atoms with Crippen LogP contribution in [0.2, 0.25) is 0 Å². The summed E-state index contributed by atoms with van der Waals surface area (Å²) in [7, 11) is 1.83. The number of anilines is 2. The first kappa shape index (κ1) is 13.2. The van der Waals surface area contributed by atoms with E-state index in [0.29, 0.717) is 6.54 Å². The van der Waals surface area contributed by atoms with Gasteiger partial charge in [-0.05, 0) is 13.8 Å². The van der Waals surface area contributed by atoms with Gasteiger partial charge in [-0.25, -0.2) is 9.97 Å². The Morgan fingerprint density at radius 2 is 2.12 bits per heavy atom. The number of rotatable bonds is 6. The Kier molecular flexibility index (Phi) is 5.19. The van der Waals surface area contributed by atoms with E-state index in [1.165, 1.54) is 6.33 Å². The molecule has 0 unspecified atom stereocenters. The lowest BCUT2D eigenvalue weighted by molar-refractivity contribution is -0.119. The van der Waals surface area contributed by atoms with E-state index in [1.54, 1.807) is 4.90 Å². The molecule has 1 aromatic rings. The molecule has 0 fully saturated rings. The van der Waals surface area contributed by atoms with Crippen LogP contribution >= 0.6 is 0 Å². The summed E-state index contributed by atoms with van der Waals surface area (Å²) in [4.78, 5) is 21.4. The van der Waals surface area contributed by atoms with Crippen molar-refractivity contribution < 1.29 is 4.79 Å². The van der Waals surface area contributed by atoms with Crippen LogP contribution in [0.1, 0.15) is 13.8 Å². The predicted molar refractivity (Wildman–Crippen MR) is 68.1 cm³/mol. The van der Waals surface area contributed by atoms with E-state index in [4.69, 9.17) is 0 Å². The minimum absolute atomic E-state index is 0.0152. The monoisotopic (exact) mass is 237 g/mol. The molecule has 0 saturated heterocycles. The molecule has 0 aromatic carbocycles. The molecule has 6 nitrogen and oxygen atoms in total. The lowest BCUT2D eigenvalue weighted by Crippen LogP contribution is -2.35. The second kappa shape index (κ2) is 6.67. The van der Waals surface area contributed by atoms with Crippen LogP contribution in [0.5, 0.6) is 0 Å². The molecule has 0 saturated carbocycles. The fourth-order valence-electron chi connectivity index (χ4n) is 1.38. The van der Waals surface area contributed by atoms with Gasteiger partial charge in [0.15, 0.2) is 0 Å². The summed E-state index contributed by atoms with van der Waals surface area (Å²) < 4.78 is 0. The molecule has 1 heterocycles. The Balaban J connectivity index is 2.64. The molecule has 1 amide bonds. The summed E-state index contributed by atoms with van der Waals surface area (Å²) >= 11 is 0. The lowest BCUT2D eigenvalue weighted by Gasteiger charge is -2.17. The first-order valence-corrected chi connectivity index (χ1v) is 5.71. The van der Waals surface area contributed by atoms with Crippen LogP contribution in [-0.2, 0) is 4.79 Å². The van der Waals surface area contributed by atoms with Gasteiger partial charge in [-0.15, -0.1) is 0 Å².